The van der Waals surface area contributed by atoms with E-state index in [4.69, 9.17) is 18.9 Å². The van der Waals surface area contributed by atoms with Gasteiger partial charge in [0.15, 0.2) is 12.4 Å². The summed E-state index contributed by atoms with van der Waals surface area (Å²) in [6.07, 6.45) is 4.38. The number of carbonyl (C=O) groups excluding carboxylic acids is 2. The average molecular weight is 465 g/mol. The number of carbonyl (C=O) groups is 2. The van der Waals surface area contributed by atoms with Crippen LogP contribution >= 0.6 is 0 Å². The van der Waals surface area contributed by atoms with Crippen molar-refractivity contribution in [2.24, 2.45) is 0 Å². The van der Waals surface area contributed by atoms with E-state index in [0.717, 1.165) is 32.1 Å². The molecule has 6 nitrogen and oxygen atoms in total. The highest BCUT2D eigenvalue weighted by molar-refractivity contribution is 5.90. The van der Waals surface area contributed by atoms with Crippen molar-refractivity contribution < 1.29 is 28.5 Å². The molecule has 1 saturated heterocycles. The largest absolute Gasteiger partial charge is 0.456 e. The molecule has 180 valence electrons. The van der Waals surface area contributed by atoms with Gasteiger partial charge in [-0.2, -0.15) is 0 Å². The summed E-state index contributed by atoms with van der Waals surface area (Å²) in [4.78, 5) is 25.5. The molecule has 0 radical (unpaired) electrons. The van der Waals surface area contributed by atoms with Crippen LogP contribution in [0.5, 0.6) is 0 Å². The van der Waals surface area contributed by atoms with E-state index in [9.17, 15) is 9.59 Å². The predicted octanol–water partition coefficient (Wildman–Crippen LogP) is 5.48. The van der Waals surface area contributed by atoms with Gasteiger partial charge in [-0.3, -0.25) is 0 Å². The molecule has 1 saturated carbocycles. The summed E-state index contributed by atoms with van der Waals surface area (Å²) < 4.78 is 24.3. The minimum atomic E-state index is -0.737. The monoisotopic (exact) mass is 464 g/mol. The molecule has 2 aromatic rings. The lowest BCUT2D eigenvalue weighted by atomic mass is 9.76. The summed E-state index contributed by atoms with van der Waals surface area (Å²) in [5.41, 5.74) is 0.607. The lowest BCUT2D eigenvalue weighted by Crippen LogP contribution is -2.55. The van der Waals surface area contributed by atoms with Gasteiger partial charge in [-0.25, -0.2) is 9.59 Å². The summed E-state index contributed by atoms with van der Waals surface area (Å²) in [5.74, 6) is -0.894. The number of ether oxygens (including phenoxy) is 4. The van der Waals surface area contributed by atoms with Crippen molar-refractivity contribution in [3.63, 3.8) is 0 Å². The quantitative estimate of drug-likeness (QED) is 0.362. The third-order valence-corrected chi connectivity index (χ3v) is 6.61. The molecule has 34 heavy (non-hydrogen) atoms. The summed E-state index contributed by atoms with van der Waals surface area (Å²) >= 11 is 0. The van der Waals surface area contributed by atoms with Gasteiger partial charge in [-0.05, 0) is 63.3 Å². The lowest BCUT2D eigenvalue weighted by Gasteiger charge is -2.47. The second-order valence-corrected chi connectivity index (χ2v) is 9.05. The number of benzene rings is 2. The fourth-order valence-corrected chi connectivity index (χ4v) is 4.44. The lowest BCUT2D eigenvalue weighted by molar-refractivity contribution is -0.308. The third kappa shape index (κ3) is 5.75. The van der Waals surface area contributed by atoms with Crippen LogP contribution in [-0.2, 0) is 18.9 Å². The molecule has 1 aliphatic heterocycles. The molecule has 2 aliphatic rings. The van der Waals surface area contributed by atoms with Gasteiger partial charge in [0.25, 0.3) is 0 Å². The van der Waals surface area contributed by atoms with Crippen molar-refractivity contribution in [1.29, 1.82) is 0 Å². The second-order valence-electron chi connectivity index (χ2n) is 9.05. The van der Waals surface area contributed by atoms with E-state index in [1.807, 2.05) is 25.1 Å². The molecule has 0 N–H and O–H groups in total. The van der Waals surface area contributed by atoms with E-state index in [0.29, 0.717) is 17.5 Å². The standard InChI is InChI=1S/C28H32O6/c1-3-4-16-28(17-11-18-28)34-27-24(33-26(30)22-14-9-6-10-15-22)19-23(20(2)31-27)32-25(29)21-12-7-5-8-13-21/h3,5-10,12-15,20,23-24,27H,1,4,11,16-19H2,2H3/t20-,23+,24+,27-/m0/s1. The molecule has 0 spiro atoms. The Morgan fingerprint density at radius 1 is 0.971 bits per heavy atom. The maximum atomic E-state index is 12.9. The van der Waals surface area contributed by atoms with Crippen molar-refractivity contribution >= 4 is 11.9 Å². The zero-order valence-corrected chi connectivity index (χ0v) is 19.6. The van der Waals surface area contributed by atoms with E-state index >= 15 is 0 Å². The molecular formula is C28H32O6. The van der Waals surface area contributed by atoms with Crippen LogP contribution in [0.2, 0.25) is 0 Å². The van der Waals surface area contributed by atoms with Crippen molar-refractivity contribution in [2.45, 2.75) is 75.7 Å². The molecule has 1 heterocycles. The third-order valence-electron chi connectivity index (χ3n) is 6.61. The maximum absolute atomic E-state index is 12.9. The fraction of sp³-hybridized carbons (Fsp3) is 0.429. The molecule has 2 fully saturated rings. The molecule has 1 aliphatic carbocycles. The fourth-order valence-electron chi connectivity index (χ4n) is 4.44. The molecule has 0 aromatic heterocycles. The minimum Gasteiger partial charge on any atom is -0.456 e. The van der Waals surface area contributed by atoms with Gasteiger partial charge in [0.2, 0.25) is 0 Å². The van der Waals surface area contributed by atoms with Gasteiger partial charge in [0, 0.05) is 6.42 Å². The number of esters is 2. The molecule has 4 rings (SSSR count). The molecule has 4 atom stereocenters. The van der Waals surface area contributed by atoms with Crippen molar-refractivity contribution in [3.8, 4) is 0 Å². The van der Waals surface area contributed by atoms with E-state index in [1.54, 1.807) is 48.5 Å². The summed E-state index contributed by atoms with van der Waals surface area (Å²) in [6.45, 7) is 5.68. The molecule has 2 aromatic carbocycles. The zero-order valence-electron chi connectivity index (χ0n) is 19.6. The average Bonchev–Trinajstić information content (AvgIpc) is 2.84. The first-order valence-corrected chi connectivity index (χ1v) is 12.0. The van der Waals surface area contributed by atoms with Crippen LogP contribution in [-0.4, -0.2) is 42.1 Å². The zero-order chi connectivity index (χ0) is 24.0. The molecule has 6 heteroatoms. The Balaban J connectivity index is 1.50. The molecular weight excluding hydrogens is 432 g/mol. The van der Waals surface area contributed by atoms with Crippen molar-refractivity contribution in [3.05, 3.63) is 84.4 Å². The van der Waals surface area contributed by atoms with Crippen LogP contribution in [0, 0.1) is 0 Å². The first-order valence-electron chi connectivity index (χ1n) is 12.0. The molecule has 0 amide bonds. The van der Waals surface area contributed by atoms with Crippen LogP contribution in [0.3, 0.4) is 0 Å². The van der Waals surface area contributed by atoms with Gasteiger partial charge >= 0.3 is 11.9 Å². The van der Waals surface area contributed by atoms with Gasteiger partial charge in [-0.15, -0.1) is 6.58 Å². The Labute approximate surface area is 200 Å². The molecule has 0 bridgehead atoms. The van der Waals surface area contributed by atoms with Gasteiger partial charge in [0.05, 0.1) is 22.8 Å². The molecule has 0 unspecified atom stereocenters. The van der Waals surface area contributed by atoms with Crippen LogP contribution in [0.25, 0.3) is 0 Å². The Hall–Kier alpha value is -2.96. The Morgan fingerprint density at radius 3 is 2.03 bits per heavy atom. The first-order chi connectivity index (χ1) is 16.5. The van der Waals surface area contributed by atoms with E-state index in [2.05, 4.69) is 6.58 Å². The SMILES string of the molecule is C=CCCC1(O[C@@H]2O[C@@H](C)[C@H](OC(=O)c3ccccc3)C[C@H]2OC(=O)c2ccccc2)CCC1. The van der Waals surface area contributed by atoms with Gasteiger partial charge in [0.1, 0.15) is 6.10 Å². The van der Waals surface area contributed by atoms with Crippen LogP contribution in [0.15, 0.2) is 73.3 Å². The Kier molecular flexibility index (Phi) is 7.80. The van der Waals surface area contributed by atoms with Crippen LogP contribution in [0.1, 0.15) is 66.2 Å². The van der Waals surface area contributed by atoms with Crippen molar-refractivity contribution in [1.82, 2.24) is 0 Å². The van der Waals surface area contributed by atoms with E-state index < -0.39 is 36.5 Å². The number of allylic oxidation sites excluding steroid dienone is 1. The van der Waals surface area contributed by atoms with Crippen molar-refractivity contribution in [2.75, 3.05) is 0 Å². The summed E-state index contributed by atoms with van der Waals surface area (Å²) in [6, 6.07) is 17.6. The minimum absolute atomic E-state index is 0.292. The number of rotatable bonds is 9. The number of hydrogen-bond donors (Lipinski definition) is 0. The highest BCUT2D eigenvalue weighted by Crippen LogP contribution is 2.42. The Morgan fingerprint density at radius 2 is 1.53 bits per heavy atom. The van der Waals surface area contributed by atoms with Crippen LogP contribution < -0.4 is 0 Å². The number of hydrogen-bond acceptors (Lipinski definition) is 6. The Bertz CT molecular complexity index is 969. The van der Waals surface area contributed by atoms with Crippen LogP contribution in [0.4, 0.5) is 0 Å². The topological polar surface area (TPSA) is 71.1 Å². The van der Waals surface area contributed by atoms with E-state index in [1.165, 1.54) is 0 Å². The maximum Gasteiger partial charge on any atom is 0.338 e. The summed E-state index contributed by atoms with van der Waals surface area (Å²) in [7, 11) is 0. The van der Waals surface area contributed by atoms with E-state index in [-0.39, 0.29) is 5.60 Å². The van der Waals surface area contributed by atoms with Gasteiger partial charge in [-0.1, -0.05) is 42.5 Å². The second kappa shape index (κ2) is 11.0. The first kappa shape index (κ1) is 24.2. The highest BCUT2D eigenvalue weighted by Gasteiger charge is 2.47. The highest BCUT2D eigenvalue weighted by atomic mass is 16.7. The normalized spacial score (nSPS) is 25.6. The smallest absolute Gasteiger partial charge is 0.338 e. The van der Waals surface area contributed by atoms with Gasteiger partial charge < -0.3 is 18.9 Å². The predicted molar refractivity (Wildman–Crippen MR) is 127 cm³/mol. The summed E-state index contributed by atoms with van der Waals surface area (Å²) in [5, 5.41) is 0.